The summed E-state index contributed by atoms with van der Waals surface area (Å²) < 4.78 is 25.8. The molecule has 0 radical (unpaired) electrons. The summed E-state index contributed by atoms with van der Waals surface area (Å²) in [4.78, 5) is 12.9. The smallest absolute Gasteiger partial charge is 0.244 e. The van der Waals surface area contributed by atoms with E-state index in [4.69, 9.17) is 0 Å². The molecule has 146 valence electrons. The van der Waals surface area contributed by atoms with E-state index in [2.05, 4.69) is 11.4 Å². The zero-order chi connectivity index (χ0) is 20.2. The molecular formula is C21H28N2O3S. The predicted molar refractivity (Wildman–Crippen MR) is 110 cm³/mol. The highest BCUT2D eigenvalue weighted by Crippen LogP contribution is 2.24. The highest BCUT2D eigenvalue weighted by atomic mass is 32.2. The van der Waals surface area contributed by atoms with Gasteiger partial charge in [-0.3, -0.25) is 9.10 Å². The first-order chi connectivity index (χ1) is 12.6. The van der Waals surface area contributed by atoms with Gasteiger partial charge in [-0.05, 0) is 50.5 Å². The lowest BCUT2D eigenvalue weighted by atomic mass is 9.97. The predicted octanol–water partition coefficient (Wildman–Crippen LogP) is 3.73. The normalized spacial score (nSPS) is 13.7. The molecular weight excluding hydrogens is 360 g/mol. The van der Waals surface area contributed by atoms with Gasteiger partial charge in [0.25, 0.3) is 0 Å². The van der Waals surface area contributed by atoms with Gasteiger partial charge < -0.3 is 5.32 Å². The lowest BCUT2D eigenvalue weighted by Gasteiger charge is -2.30. The van der Waals surface area contributed by atoms with Crippen LogP contribution in [0.2, 0.25) is 0 Å². The van der Waals surface area contributed by atoms with Gasteiger partial charge in [-0.2, -0.15) is 0 Å². The number of rotatable bonds is 7. The molecule has 0 bridgehead atoms. The van der Waals surface area contributed by atoms with Gasteiger partial charge in [0.15, 0.2) is 0 Å². The molecule has 0 saturated heterocycles. The number of carbonyl (C=O) groups is 1. The van der Waals surface area contributed by atoms with Gasteiger partial charge in [0.1, 0.15) is 6.04 Å². The maximum Gasteiger partial charge on any atom is 0.244 e. The van der Waals surface area contributed by atoms with Crippen molar-refractivity contribution in [1.82, 2.24) is 5.32 Å². The van der Waals surface area contributed by atoms with Crippen LogP contribution in [0.3, 0.4) is 0 Å². The third-order valence-corrected chi connectivity index (χ3v) is 5.87. The van der Waals surface area contributed by atoms with E-state index in [1.807, 2.05) is 39.0 Å². The van der Waals surface area contributed by atoms with E-state index in [0.29, 0.717) is 12.1 Å². The number of hydrogen-bond donors (Lipinski definition) is 1. The molecule has 6 heteroatoms. The molecule has 27 heavy (non-hydrogen) atoms. The number of benzene rings is 2. The van der Waals surface area contributed by atoms with Crippen LogP contribution in [0.25, 0.3) is 0 Å². The maximum absolute atomic E-state index is 12.9. The van der Waals surface area contributed by atoms with E-state index in [1.165, 1.54) is 0 Å². The topological polar surface area (TPSA) is 66.5 Å². The summed E-state index contributed by atoms with van der Waals surface area (Å²) in [6, 6.07) is 13.8. The Morgan fingerprint density at radius 2 is 1.74 bits per heavy atom. The number of carbonyl (C=O) groups excluding carboxylic acids is 1. The summed E-state index contributed by atoms with van der Waals surface area (Å²) in [5.41, 5.74) is 3.80. The van der Waals surface area contributed by atoms with E-state index in [1.54, 1.807) is 31.2 Å². The molecule has 0 fully saturated rings. The molecule has 0 spiro atoms. The molecule has 0 aliphatic carbocycles. The first-order valence-electron chi connectivity index (χ1n) is 9.07. The van der Waals surface area contributed by atoms with Crippen molar-refractivity contribution < 1.29 is 13.2 Å². The molecule has 0 aliphatic rings. The van der Waals surface area contributed by atoms with Crippen molar-refractivity contribution in [1.29, 1.82) is 0 Å². The second-order valence-electron chi connectivity index (χ2n) is 6.90. The van der Waals surface area contributed by atoms with E-state index < -0.39 is 16.1 Å². The fourth-order valence-corrected chi connectivity index (χ4v) is 4.47. The summed E-state index contributed by atoms with van der Waals surface area (Å²) in [5, 5.41) is 3.02. The highest BCUT2D eigenvalue weighted by molar-refractivity contribution is 7.92. The van der Waals surface area contributed by atoms with Gasteiger partial charge in [-0.25, -0.2) is 8.42 Å². The van der Waals surface area contributed by atoms with Crippen LogP contribution in [0.5, 0.6) is 0 Å². The summed E-state index contributed by atoms with van der Waals surface area (Å²) in [6.07, 6.45) is 1.83. The zero-order valence-electron chi connectivity index (χ0n) is 16.6. The fourth-order valence-electron chi connectivity index (χ4n) is 3.29. The van der Waals surface area contributed by atoms with Crippen molar-refractivity contribution in [3.63, 3.8) is 0 Å². The number of sulfonamides is 1. The van der Waals surface area contributed by atoms with Gasteiger partial charge in [0, 0.05) is 0 Å². The minimum absolute atomic E-state index is 0.169. The maximum atomic E-state index is 12.9. The number of hydrogen-bond acceptors (Lipinski definition) is 3. The Bertz CT molecular complexity index is 895. The van der Waals surface area contributed by atoms with Crippen LogP contribution >= 0.6 is 0 Å². The second-order valence-corrected chi connectivity index (χ2v) is 8.76. The first-order valence-corrected chi connectivity index (χ1v) is 10.9. The van der Waals surface area contributed by atoms with Crippen molar-refractivity contribution in [3.05, 3.63) is 65.2 Å². The van der Waals surface area contributed by atoms with Gasteiger partial charge in [0.2, 0.25) is 15.9 Å². The minimum Gasteiger partial charge on any atom is -0.347 e. The van der Waals surface area contributed by atoms with E-state index in [0.717, 1.165) is 27.3 Å². The fraction of sp³-hybridized carbons (Fsp3) is 0.381. The highest BCUT2D eigenvalue weighted by Gasteiger charge is 2.30. The molecule has 2 unspecified atom stereocenters. The molecule has 0 aliphatic heterocycles. The van der Waals surface area contributed by atoms with Crippen molar-refractivity contribution in [2.75, 3.05) is 10.6 Å². The Hall–Kier alpha value is -2.34. The first kappa shape index (κ1) is 21.0. The van der Waals surface area contributed by atoms with Crippen LogP contribution in [0.15, 0.2) is 48.5 Å². The molecule has 2 aromatic rings. The molecule has 2 aromatic carbocycles. The van der Waals surface area contributed by atoms with Crippen LogP contribution in [-0.4, -0.2) is 26.6 Å². The van der Waals surface area contributed by atoms with Crippen LogP contribution in [0.4, 0.5) is 5.69 Å². The third kappa shape index (κ3) is 5.10. The molecule has 1 N–H and O–H groups in total. The lowest BCUT2D eigenvalue weighted by Crippen LogP contribution is -2.48. The standard InChI is InChI=1S/C21H28N2O3S/c1-6-20(19-13-12-15(2)14-16(19)3)22-21(24)17(4)23(27(5,25)26)18-10-8-7-9-11-18/h7-14,17,20H,6H2,1-5H3,(H,22,24). The average Bonchev–Trinajstić information content (AvgIpc) is 2.59. The zero-order valence-corrected chi connectivity index (χ0v) is 17.4. The largest absolute Gasteiger partial charge is 0.347 e. The Balaban J connectivity index is 2.28. The van der Waals surface area contributed by atoms with Crippen LogP contribution < -0.4 is 9.62 Å². The molecule has 2 atom stereocenters. The summed E-state index contributed by atoms with van der Waals surface area (Å²) in [6.45, 7) is 7.66. The molecule has 5 nitrogen and oxygen atoms in total. The van der Waals surface area contributed by atoms with Crippen molar-refractivity contribution in [3.8, 4) is 0 Å². The van der Waals surface area contributed by atoms with Gasteiger partial charge in [-0.1, -0.05) is 48.9 Å². The second kappa shape index (κ2) is 8.57. The summed E-state index contributed by atoms with van der Waals surface area (Å²) in [7, 11) is -3.61. The quantitative estimate of drug-likeness (QED) is 0.786. The minimum atomic E-state index is -3.61. The van der Waals surface area contributed by atoms with Crippen LogP contribution in [0.1, 0.15) is 43.0 Å². The van der Waals surface area contributed by atoms with Crippen molar-refractivity contribution in [2.45, 2.75) is 46.2 Å². The number of anilines is 1. The van der Waals surface area contributed by atoms with Gasteiger partial charge >= 0.3 is 0 Å². The summed E-state index contributed by atoms with van der Waals surface area (Å²) >= 11 is 0. The van der Waals surface area contributed by atoms with E-state index in [-0.39, 0.29) is 11.9 Å². The number of amides is 1. The SMILES string of the molecule is CCC(NC(=O)C(C)N(c1ccccc1)S(C)(=O)=O)c1ccc(C)cc1C. The Labute approximate surface area is 162 Å². The molecule has 0 aromatic heterocycles. The molecule has 0 heterocycles. The van der Waals surface area contributed by atoms with Gasteiger partial charge in [0.05, 0.1) is 18.0 Å². The molecule has 1 amide bonds. The average molecular weight is 389 g/mol. The summed E-state index contributed by atoms with van der Waals surface area (Å²) in [5.74, 6) is -0.323. The van der Waals surface area contributed by atoms with E-state index >= 15 is 0 Å². The van der Waals surface area contributed by atoms with Crippen LogP contribution in [-0.2, 0) is 14.8 Å². The lowest BCUT2D eigenvalue weighted by molar-refractivity contribution is -0.122. The molecule has 2 rings (SSSR count). The number of aryl methyl sites for hydroxylation is 2. The Kier molecular flexibility index (Phi) is 6.65. The third-order valence-electron chi connectivity index (χ3n) is 4.62. The van der Waals surface area contributed by atoms with Crippen LogP contribution in [0, 0.1) is 13.8 Å². The Morgan fingerprint density at radius 3 is 2.26 bits per heavy atom. The van der Waals surface area contributed by atoms with Crippen molar-refractivity contribution in [2.24, 2.45) is 0 Å². The van der Waals surface area contributed by atoms with Gasteiger partial charge in [-0.15, -0.1) is 0 Å². The number of para-hydroxylation sites is 1. The molecule has 0 saturated carbocycles. The number of nitrogens with one attached hydrogen (secondary N) is 1. The Morgan fingerprint density at radius 1 is 1.11 bits per heavy atom. The van der Waals surface area contributed by atoms with E-state index in [9.17, 15) is 13.2 Å². The van der Waals surface area contributed by atoms with Crippen molar-refractivity contribution >= 4 is 21.6 Å². The number of nitrogens with zero attached hydrogens (tertiary/aromatic N) is 1. The monoisotopic (exact) mass is 388 g/mol.